The summed E-state index contributed by atoms with van der Waals surface area (Å²) in [5.74, 6) is 0.573. The molecule has 1 aliphatic heterocycles. The summed E-state index contributed by atoms with van der Waals surface area (Å²) < 4.78 is 7.43. The third-order valence-electron chi connectivity index (χ3n) is 5.30. The van der Waals surface area contributed by atoms with E-state index in [1.54, 1.807) is 23.8 Å². The van der Waals surface area contributed by atoms with Crippen molar-refractivity contribution in [1.29, 1.82) is 0 Å². The van der Waals surface area contributed by atoms with Gasteiger partial charge in [-0.05, 0) is 37.6 Å². The molecule has 0 aliphatic carbocycles. The fraction of sp³-hybridized carbons (Fsp3) is 0.500. The van der Waals surface area contributed by atoms with Gasteiger partial charge in [0.25, 0.3) is 5.91 Å². The van der Waals surface area contributed by atoms with Gasteiger partial charge in [-0.3, -0.25) is 9.59 Å². The van der Waals surface area contributed by atoms with Crippen LogP contribution in [0.5, 0.6) is 0 Å². The molecule has 6 nitrogen and oxygen atoms in total. The molecule has 0 bridgehead atoms. The monoisotopic (exact) mass is 390 g/mol. The summed E-state index contributed by atoms with van der Waals surface area (Å²) in [6.07, 6.45) is -0.00743. The van der Waals surface area contributed by atoms with Gasteiger partial charge in [-0.2, -0.15) is 11.8 Å². The van der Waals surface area contributed by atoms with E-state index in [-0.39, 0.29) is 18.4 Å². The lowest BCUT2D eigenvalue weighted by Gasteiger charge is -2.34. The number of carboxylic acid groups (broad SMARTS) is 1. The number of hydrogen-bond acceptors (Lipinski definition) is 4. The van der Waals surface area contributed by atoms with Gasteiger partial charge >= 0.3 is 5.97 Å². The lowest BCUT2D eigenvalue weighted by molar-refractivity contribution is -0.138. The summed E-state index contributed by atoms with van der Waals surface area (Å²) in [4.78, 5) is 26.0. The topological polar surface area (TPSA) is 71.8 Å². The molecule has 2 aromatic rings. The van der Waals surface area contributed by atoms with Crippen LogP contribution >= 0.6 is 11.8 Å². The SMILES string of the molecule is COCCn1c(C)c(C)c2cc(C(=O)N3CCSCC3CC(=O)O)ccc21. The minimum absolute atomic E-state index is 0.00743. The molecule has 3 rings (SSSR count). The number of fused-ring (bicyclic) bond motifs is 1. The van der Waals surface area contributed by atoms with E-state index in [0.29, 0.717) is 24.5 Å². The molecule has 1 aromatic heterocycles. The van der Waals surface area contributed by atoms with E-state index in [0.717, 1.165) is 28.8 Å². The normalized spacial score (nSPS) is 17.4. The third kappa shape index (κ3) is 3.99. The Morgan fingerprint density at radius 2 is 2.11 bits per heavy atom. The van der Waals surface area contributed by atoms with Crippen LogP contribution in [0.15, 0.2) is 18.2 Å². The summed E-state index contributed by atoms with van der Waals surface area (Å²) in [5.41, 5.74) is 4.04. The van der Waals surface area contributed by atoms with Gasteiger partial charge in [0.05, 0.1) is 19.1 Å². The highest BCUT2D eigenvalue weighted by Crippen LogP contribution is 2.28. The molecule has 1 saturated heterocycles. The van der Waals surface area contributed by atoms with Gasteiger partial charge in [-0.15, -0.1) is 0 Å². The van der Waals surface area contributed by atoms with E-state index in [2.05, 4.69) is 18.4 Å². The van der Waals surface area contributed by atoms with Crippen molar-refractivity contribution in [2.24, 2.45) is 0 Å². The standard InChI is InChI=1S/C20H26N2O4S/c1-13-14(2)21(6-8-26-3)18-5-4-15(10-17(13)18)20(25)22-7-9-27-12-16(22)11-19(23)24/h4-5,10,16H,6-9,11-12H2,1-3H3,(H,23,24). The quantitative estimate of drug-likeness (QED) is 0.821. The summed E-state index contributed by atoms with van der Waals surface area (Å²) in [7, 11) is 1.69. The van der Waals surface area contributed by atoms with Crippen LogP contribution in [0.1, 0.15) is 28.0 Å². The molecule has 0 spiro atoms. The Morgan fingerprint density at radius 3 is 2.81 bits per heavy atom. The van der Waals surface area contributed by atoms with Gasteiger partial charge in [0.1, 0.15) is 0 Å². The summed E-state index contributed by atoms with van der Waals surface area (Å²) >= 11 is 1.71. The minimum Gasteiger partial charge on any atom is -0.481 e. The van der Waals surface area contributed by atoms with Crippen molar-refractivity contribution in [2.75, 3.05) is 31.8 Å². The van der Waals surface area contributed by atoms with E-state index in [1.165, 1.54) is 5.69 Å². The van der Waals surface area contributed by atoms with Crippen molar-refractivity contribution < 1.29 is 19.4 Å². The first-order chi connectivity index (χ1) is 12.9. The van der Waals surface area contributed by atoms with E-state index in [1.807, 2.05) is 18.2 Å². The highest BCUT2D eigenvalue weighted by Gasteiger charge is 2.29. The molecule has 0 saturated carbocycles. The van der Waals surface area contributed by atoms with Crippen molar-refractivity contribution in [1.82, 2.24) is 9.47 Å². The molecular formula is C20H26N2O4S. The van der Waals surface area contributed by atoms with Gasteiger partial charge in [-0.1, -0.05) is 0 Å². The second kappa shape index (κ2) is 8.35. The first-order valence-corrected chi connectivity index (χ1v) is 10.3. The summed E-state index contributed by atoms with van der Waals surface area (Å²) in [5, 5.41) is 10.2. The maximum atomic E-state index is 13.1. The fourth-order valence-electron chi connectivity index (χ4n) is 3.71. The minimum atomic E-state index is -0.863. The van der Waals surface area contributed by atoms with Gasteiger partial charge < -0.3 is 19.3 Å². The van der Waals surface area contributed by atoms with Crippen molar-refractivity contribution in [3.8, 4) is 0 Å². The zero-order valence-corrected chi connectivity index (χ0v) is 16.8. The Balaban J connectivity index is 1.93. The highest BCUT2D eigenvalue weighted by molar-refractivity contribution is 7.99. The molecule has 27 heavy (non-hydrogen) atoms. The van der Waals surface area contributed by atoms with Crippen LogP contribution in [-0.4, -0.2) is 64.3 Å². The smallest absolute Gasteiger partial charge is 0.305 e. The molecule has 146 valence electrons. The van der Waals surface area contributed by atoms with E-state index in [4.69, 9.17) is 9.84 Å². The molecule has 1 atom stereocenters. The average molecular weight is 391 g/mol. The van der Waals surface area contributed by atoms with Crippen LogP contribution < -0.4 is 0 Å². The Kier molecular flexibility index (Phi) is 6.11. The number of aliphatic carboxylic acids is 1. The number of nitrogens with zero attached hydrogens (tertiary/aromatic N) is 2. The van der Waals surface area contributed by atoms with Gasteiger partial charge in [0, 0.05) is 53.9 Å². The number of thioether (sulfide) groups is 1. The number of carboxylic acids is 1. The van der Waals surface area contributed by atoms with E-state index < -0.39 is 5.97 Å². The predicted octanol–water partition coefficient (Wildman–Crippen LogP) is 2.94. The molecule has 1 unspecified atom stereocenters. The average Bonchev–Trinajstić information content (AvgIpc) is 2.89. The summed E-state index contributed by atoms with van der Waals surface area (Å²) in [6.45, 7) is 6.14. The second-order valence-corrected chi connectivity index (χ2v) is 8.06. The van der Waals surface area contributed by atoms with Crippen LogP contribution in [0.3, 0.4) is 0 Å². The lowest BCUT2D eigenvalue weighted by atomic mass is 10.1. The third-order valence-corrected chi connectivity index (χ3v) is 6.40. The zero-order chi connectivity index (χ0) is 19.6. The maximum absolute atomic E-state index is 13.1. The zero-order valence-electron chi connectivity index (χ0n) is 16.0. The fourth-order valence-corrected chi connectivity index (χ4v) is 4.77. The van der Waals surface area contributed by atoms with Crippen LogP contribution in [0.2, 0.25) is 0 Å². The van der Waals surface area contributed by atoms with Crippen molar-refractivity contribution >= 4 is 34.5 Å². The Hall–Kier alpha value is -1.99. The Morgan fingerprint density at radius 1 is 1.33 bits per heavy atom. The number of aromatic nitrogens is 1. The van der Waals surface area contributed by atoms with Crippen LogP contribution in [0.25, 0.3) is 10.9 Å². The molecule has 1 aromatic carbocycles. The Labute approximate surface area is 163 Å². The van der Waals surface area contributed by atoms with Gasteiger partial charge in [0.15, 0.2) is 0 Å². The molecular weight excluding hydrogens is 364 g/mol. The molecule has 1 aliphatic rings. The molecule has 1 fully saturated rings. The number of aryl methyl sites for hydroxylation is 1. The summed E-state index contributed by atoms with van der Waals surface area (Å²) in [6, 6.07) is 5.54. The van der Waals surface area contributed by atoms with Gasteiger partial charge in [-0.25, -0.2) is 0 Å². The number of methoxy groups -OCH3 is 1. The largest absolute Gasteiger partial charge is 0.481 e. The number of carbonyl (C=O) groups excluding carboxylic acids is 1. The highest BCUT2D eigenvalue weighted by atomic mass is 32.2. The van der Waals surface area contributed by atoms with Gasteiger partial charge in [0.2, 0.25) is 0 Å². The van der Waals surface area contributed by atoms with Crippen molar-refractivity contribution in [2.45, 2.75) is 32.9 Å². The second-order valence-electron chi connectivity index (χ2n) is 6.91. The van der Waals surface area contributed by atoms with Crippen LogP contribution in [0, 0.1) is 13.8 Å². The van der Waals surface area contributed by atoms with Crippen LogP contribution in [-0.2, 0) is 16.1 Å². The first-order valence-electron chi connectivity index (χ1n) is 9.13. The van der Waals surface area contributed by atoms with E-state index in [9.17, 15) is 9.59 Å². The molecule has 1 amide bonds. The number of benzene rings is 1. The number of rotatable bonds is 6. The molecule has 0 radical (unpaired) electrons. The number of carbonyl (C=O) groups is 2. The predicted molar refractivity (Wildman–Crippen MR) is 108 cm³/mol. The molecule has 1 N–H and O–H groups in total. The lowest BCUT2D eigenvalue weighted by Crippen LogP contribution is -2.47. The van der Waals surface area contributed by atoms with Crippen LogP contribution in [0.4, 0.5) is 0 Å². The van der Waals surface area contributed by atoms with Crippen molar-refractivity contribution in [3.05, 3.63) is 35.0 Å². The van der Waals surface area contributed by atoms with E-state index >= 15 is 0 Å². The molecule has 2 heterocycles. The Bertz CT molecular complexity index is 861. The first kappa shape index (κ1) is 19.8. The number of ether oxygens (including phenoxy) is 1. The molecule has 7 heteroatoms. The number of amides is 1. The number of hydrogen-bond donors (Lipinski definition) is 1. The van der Waals surface area contributed by atoms with Crippen molar-refractivity contribution in [3.63, 3.8) is 0 Å². The maximum Gasteiger partial charge on any atom is 0.305 e.